The second-order valence-corrected chi connectivity index (χ2v) is 20.1. The van der Waals surface area contributed by atoms with Gasteiger partial charge in [-0.25, -0.2) is 0 Å². The summed E-state index contributed by atoms with van der Waals surface area (Å²) in [6.45, 7) is 33.3. The Morgan fingerprint density at radius 2 is 1.57 bits per heavy atom. The van der Waals surface area contributed by atoms with Crippen molar-refractivity contribution in [3.63, 3.8) is 0 Å². The van der Waals surface area contributed by atoms with Gasteiger partial charge in [-0.05, 0) is 55.8 Å². The van der Waals surface area contributed by atoms with Crippen molar-refractivity contribution in [3.8, 4) is 0 Å². The predicted octanol–water partition coefficient (Wildman–Crippen LogP) is 8.60. The lowest BCUT2D eigenvalue weighted by atomic mass is 9.84. The van der Waals surface area contributed by atoms with Gasteiger partial charge in [-0.1, -0.05) is 106 Å². The minimum Gasteiger partial charge on any atom is -0.410 e. The molecule has 0 aliphatic rings. The van der Waals surface area contributed by atoms with E-state index in [0.29, 0.717) is 12.8 Å². The SMILES string of the molecule is C=C(CC)[C@@H](O[Si](C)(C)C(C)(C)C)[C@H](C)C(=O)[C@H](C)/C=C(\C)C[C@H](C)[C@H](O)[C@H](CC)C(=O)SC(C)(C)C. The Balaban J connectivity index is 5.55. The summed E-state index contributed by atoms with van der Waals surface area (Å²) in [5.41, 5.74) is 2.03. The standard InChI is InChI=1S/C31H58O4SSi/c1-16-21(4)28(35-37(14,15)31(11,12)13)24(7)26(32)22(5)18-20(3)19-23(6)27(33)25(17-2)29(34)36-30(8,9)10/h18,22-25,27-28,33H,4,16-17,19H2,1-3,5-15H3/b20-18+/t22-,23+,24-,25+,27+,28-/m1/s1. The summed E-state index contributed by atoms with van der Waals surface area (Å²) in [7, 11) is -2.08. The van der Waals surface area contributed by atoms with Crippen molar-refractivity contribution >= 4 is 31.0 Å². The minimum absolute atomic E-state index is 0.0459. The molecular weight excluding hydrogens is 496 g/mol. The first-order chi connectivity index (χ1) is 16.6. The predicted molar refractivity (Wildman–Crippen MR) is 165 cm³/mol. The highest BCUT2D eigenvalue weighted by Gasteiger charge is 2.42. The Morgan fingerprint density at radius 1 is 1.05 bits per heavy atom. The van der Waals surface area contributed by atoms with Crippen LogP contribution in [0.4, 0.5) is 0 Å². The topological polar surface area (TPSA) is 63.6 Å². The van der Waals surface area contributed by atoms with E-state index in [4.69, 9.17) is 4.43 Å². The van der Waals surface area contributed by atoms with Gasteiger partial charge in [0.2, 0.25) is 0 Å². The molecule has 216 valence electrons. The monoisotopic (exact) mass is 554 g/mol. The van der Waals surface area contributed by atoms with Gasteiger partial charge in [0.1, 0.15) is 5.78 Å². The average molecular weight is 555 g/mol. The highest BCUT2D eigenvalue weighted by atomic mass is 32.2. The van der Waals surface area contributed by atoms with Crippen LogP contribution in [0.25, 0.3) is 0 Å². The maximum absolute atomic E-state index is 13.5. The number of allylic oxidation sites excluding steroid dienone is 2. The van der Waals surface area contributed by atoms with Crippen LogP contribution in [0.15, 0.2) is 23.8 Å². The molecule has 0 aromatic rings. The normalized spacial score (nSPS) is 18.5. The second kappa shape index (κ2) is 14.6. The van der Waals surface area contributed by atoms with Gasteiger partial charge in [-0.3, -0.25) is 9.59 Å². The number of ketones is 1. The molecule has 0 spiro atoms. The van der Waals surface area contributed by atoms with Crippen LogP contribution < -0.4 is 0 Å². The zero-order valence-electron chi connectivity index (χ0n) is 26.5. The number of carbonyl (C=O) groups is 2. The molecule has 0 unspecified atom stereocenters. The molecule has 0 aliphatic heterocycles. The first-order valence-corrected chi connectivity index (χ1v) is 17.8. The fourth-order valence-electron chi connectivity index (χ4n) is 4.33. The molecule has 0 aliphatic carbocycles. The van der Waals surface area contributed by atoms with Gasteiger partial charge in [0, 0.05) is 16.6 Å². The molecule has 0 heterocycles. The second-order valence-electron chi connectivity index (χ2n) is 13.5. The van der Waals surface area contributed by atoms with Crippen molar-refractivity contribution in [2.45, 2.75) is 137 Å². The lowest BCUT2D eigenvalue weighted by molar-refractivity contribution is -0.126. The number of rotatable bonds is 14. The molecule has 0 saturated heterocycles. The molecule has 0 aromatic heterocycles. The van der Waals surface area contributed by atoms with Crippen LogP contribution in [0.2, 0.25) is 18.1 Å². The molecular formula is C31H58O4SSi. The molecule has 0 fully saturated rings. The van der Waals surface area contributed by atoms with Crippen molar-refractivity contribution in [2.75, 3.05) is 0 Å². The molecule has 0 saturated carbocycles. The van der Waals surface area contributed by atoms with Gasteiger partial charge < -0.3 is 9.53 Å². The summed E-state index contributed by atoms with van der Waals surface area (Å²) in [4.78, 5) is 26.3. The highest BCUT2D eigenvalue weighted by Crippen LogP contribution is 2.40. The van der Waals surface area contributed by atoms with E-state index < -0.39 is 14.4 Å². The summed E-state index contributed by atoms with van der Waals surface area (Å²) in [6, 6.07) is 0. The van der Waals surface area contributed by atoms with E-state index in [1.54, 1.807) is 0 Å². The molecule has 4 nitrogen and oxygen atoms in total. The number of aliphatic hydroxyl groups excluding tert-OH is 1. The van der Waals surface area contributed by atoms with E-state index in [0.717, 1.165) is 17.6 Å². The molecule has 0 radical (unpaired) electrons. The fraction of sp³-hybridized carbons (Fsp3) is 0.806. The molecule has 37 heavy (non-hydrogen) atoms. The third-order valence-electron chi connectivity index (χ3n) is 7.76. The van der Waals surface area contributed by atoms with Crippen molar-refractivity contribution in [2.24, 2.45) is 23.7 Å². The largest absolute Gasteiger partial charge is 0.410 e. The number of Topliss-reactive ketones (excluding diaryl/α,β-unsaturated/α-hetero) is 1. The summed E-state index contributed by atoms with van der Waals surface area (Å²) in [5, 5.41) is 11.1. The Kier molecular flexibility index (Phi) is 14.3. The maximum Gasteiger partial charge on any atom is 0.195 e. The van der Waals surface area contributed by atoms with E-state index in [9.17, 15) is 14.7 Å². The number of hydrogen-bond acceptors (Lipinski definition) is 5. The smallest absolute Gasteiger partial charge is 0.195 e. The van der Waals surface area contributed by atoms with Crippen LogP contribution in [-0.4, -0.2) is 41.3 Å². The van der Waals surface area contributed by atoms with E-state index in [1.807, 2.05) is 61.5 Å². The Hall–Kier alpha value is -0.693. The van der Waals surface area contributed by atoms with Gasteiger partial charge in [-0.2, -0.15) is 0 Å². The molecule has 1 N–H and O–H groups in total. The molecule has 0 amide bonds. The third-order valence-corrected chi connectivity index (χ3v) is 13.3. The number of hydrogen-bond donors (Lipinski definition) is 1. The quantitative estimate of drug-likeness (QED) is 0.172. The maximum atomic E-state index is 13.5. The number of carbonyl (C=O) groups excluding carboxylic acids is 2. The number of thioether (sulfide) groups is 1. The lowest BCUT2D eigenvalue weighted by Crippen LogP contribution is -2.47. The minimum atomic E-state index is -2.08. The molecule has 6 atom stereocenters. The first kappa shape index (κ1) is 36.3. The molecule has 0 bridgehead atoms. The van der Waals surface area contributed by atoms with Gasteiger partial charge in [-0.15, -0.1) is 0 Å². The summed E-state index contributed by atoms with van der Waals surface area (Å²) >= 11 is 1.31. The van der Waals surface area contributed by atoms with E-state index in [2.05, 4.69) is 47.4 Å². The van der Waals surface area contributed by atoms with Crippen molar-refractivity contribution in [3.05, 3.63) is 23.8 Å². The molecule has 6 heteroatoms. The van der Waals surface area contributed by atoms with Gasteiger partial charge in [0.25, 0.3) is 0 Å². The lowest BCUT2D eigenvalue weighted by Gasteiger charge is -2.41. The van der Waals surface area contributed by atoms with E-state index in [-0.39, 0.29) is 50.5 Å². The Morgan fingerprint density at radius 3 is 1.97 bits per heavy atom. The van der Waals surface area contributed by atoms with Crippen molar-refractivity contribution in [1.82, 2.24) is 0 Å². The zero-order chi connectivity index (χ0) is 29.5. The highest BCUT2D eigenvalue weighted by molar-refractivity contribution is 8.14. The van der Waals surface area contributed by atoms with Crippen LogP contribution in [0.5, 0.6) is 0 Å². The van der Waals surface area contributed by atoms with Gasteiger partial charge >= 0.3 is 0 Å². The van der Waals surface area contributed by atoms with Crippen LogP contribution in [0, 0.1) is 23.7 Å². The van der Waals surface area contributed by atoms with Crippen LogP contribution >= 0.6 is 11.8 Å². The first-order valence-electron chi connectivity index (χ1n) is 14.1. The van der Waals surface area contributed by atoms with Crippen molar-refractivity contribution in [1.29, 1.82) is 0 Å². The van der Waals surface area contributed by atoms with Crippen molar-refractivity contribution < 1.29 is 19.1 Å². The van der Waals surface area contributed by atoms with Crippen LogP contribution in [-0.2, 0) is 14.0 Å². The summed E-state index contributed by atoms with van der Waals surface area (Å²) in [6.07, 6.45) is 3.05. The van der Waals surface area contributed by atoms with E-state index >= 15 is 0 Å². The van der Waals surface area contributed by atoms with Gasteiger partial charge in [0.15, 0.2) is 13.4 Å². The summed E-state index contributed by atoms with van der Waals surface area (Å²) < 4.78 is 6.54. The third kappa shape index (κ3) is 11.5. The van der Waals surface area contributed by atoms with Crippen LogP contribution in [0.3, 0.4) is 0 Å². The molecule has 0 rings (SSSR count). The number of aliphatic hydroxyl groups is 1. The Labute approximate surface area is 234 Å². The van der Waals surface area contributed by atoms with E-state index in [1.165, 1.54) is 11.8 Å². The van der Waals surface area contributed by atoms with Gasteiger partial charge in [0.05, 0.1) is 18.1 Å². The Bertz CT molecular complexity index is 803. The zero-order valence-corrected chi connectivity index (χ0v) is 28.3. The molecule has 0 aromatic carbocycles. The fourth-order valence-corrected chi connectivity index (χ4v) is 6.75. The average Bonchev–Trinajstić information content (AvgIpc) is 2.73. The van der Waals surface area contributed by atoms with Crippen LogP contribution in [0.1, 0.15) is 102 Å². The summed E-state index contributed by atoms with van der Waals surface area (Å²) in [5.74, 6) is -0.886.